The number of hydrogen-bond donors (Lipinski definition) is 2. The molecule has 6 nitrogen and oxygen atoms in total. The number of likely N-dealkylation sites (tertiary alicyclic amines) is 1. The molecule has 0 radical (unpaired) electrons. The van der Waals surface area contributed by atoms with Gasteiger partial charge in [-0.05, 0) is 13.0 Å². The van der Waals surface area contributed by atoms with Gasteiger partial charge in [0, 0.05) is 17.7 Å². The zero-order chi connectivity index (χ0) is 19.6. The van der Waals surface area contributed by atoms with Crippen LogP contribution in [0.25, 0.3) is 5.76 Å². The number of β-amino-alcohol motifs (C(OH)–C–C–N with tert-alkyl or cyclic N) is 1. The van der Waals surface area contributed by atoms with Gasteiger partial charge in [-0.25, -0.2) is 0 Å². The maximum atomic E-state index is 12.7. The molecule has 0 bridgehead atoms. The lowest BCUT2D eigenvalue weighted by atomic mass is 9.94. The van der Waals surface area contributed by atoms with Crippen molar-refractivity contribution in [2.75, 3.05) is 20.3 Å². The van der Waals surface area contributed by atoms with Gasteiger partial charge in [-0.15, -0.1) is 0 Å². The van der Waals surface area contributed by atoms with E-state index in [0.29, 0.717) is 16.9 Å². The van der Waals surface area contributed by atoms with Gasteiger partial charge < -0.3 is 19.8 Å². The van der Waals surface area contributed by atoms with E-state index in [0.717, 1.165) is 5.56 Å². The van der Waals surface area contributed by atoms with Gasteiger partial charge in [-0.2, -0.15) is 0 Å². The van der Waals surface area contributed by atoms with Gasteiger partial charge in [-0.1, -0.05) is 48.0 Å². The van der Waals surface area contributed by atoms with Crippen molar-refractivity contribution in [3.63, 3.8) is 0 Å². The van der Waals surface area contributed by atoms with Gasteiger partial charge in [0.05, 0.1) is 25.3 Å². The van der Waals surface area contributed by atoms with Crippen LogP contribution in [0, 0.1) is 6.92 Å². The number of nitrogens with zero attached hydrogens (tertiary/aromatic N) is 1. The van der Waals surface area contributed by atoms with Crippen LogP contribution in [-0.4, -0.2) is 47.1 Å². The molecule has 0 aliphatic carbocycles. The summed E-state index contributed by atoms with van der Waals surface area (Å²) in [5.41, 5.74) is 2.01. The molecule has 2 N–H and O–H groups in total. The SMILES string of the molecule is COc1ccccc1C1/C(=C(/O)c2ccc(C)cc2)C(=O)C(=O)N1CCO. The molecule has 140 valence electrons. The Kier molecular flexibility index (Phi) is 5.28. The quantitative estimate of drug-likeness (QED) is 0.481. The number of aryl methyl sites for hydroxylation is 1. The third-order valence-corrected chi connectivity index (χ3v) is 4.64. The number of Topliss-reactive ketones (excluding diaryl/α,β-unsaturated/α-hetero) is 1. The second-order valence-electron chi connectivity index (χ2n) is 6.32. The normalized spacial score (nSPS) is 18.8. The summed E-state index contributed by atoms with van der Waals surface area (Å²) in [6.07, 6.45) is 0. The molecule has 27 heavy (non-hydrogen) atoms. The number of ether oxygens (including phenoxy) is 1. The number of carbonyl (C=O) groups is 2. The lowest BCUT2D eigenvalue weighted by Gasteiger charge is -2.25. The topological polar surface area (TPSA) is 87.1 Å². The average molecular weight is 367 g/mol. The second-order valence-corrected chi connectivity index (χ2v) is 6.32. The van der Waals surface area contributed by atoms with E-state index in [1.807, 2.05) is 19.1 Å². The number of amides is 1. The smallest absolute Gasteiger partial charge is 0.295 e. The highest BCUT2D eigenvalue weighted by Crippen LogP contribution is 2.42. The van der Waals surface area contributed by atoms with Crippen LogP contribution in [0.3, 0.4) is 0 Å². The summed E-state index contributed by atoms with van der Waals surface area (Å²) in [5.74, 6) is -1.29. The summed E-state index contributed by atoms with van der Waals surface area (Å²) in [6, 6.07) is 13.2. The molecule has 1 aliphatic rings. The molecule has 2 aromatic rings. The van der Waals surface area contributed by atoms with E-state index < -0.39 is 17.7 Å². The Hall–Kier alpha value is -3.12. The Labute approximate surface area is 157 Å². The molecule has 0 aromatic heterocycles. The van der Waals surface area contributed by atoms with Gasteiger partial charge >= 0.3 is 0 Å². The molecule has 2 aromatic carbocycles. The van der Waals surface area contributed by atoms with Gasteiger partial charge in [0.1, 0.15) is 11.5 Å². The van der Waals surface area contributed by atoms with Crippen molar-refractivity contribution in [3.05, 3.63) is 70.8 Å². The third-order valence-electron chi connectivity index (χ3n) is 4.64. The standard InChI is InChI=1S/C21H21NO5/c1-13-7-9-14(10-8-13)19(24)17-18(15-5-3-4-6-16(15)27-2)22(11-12-23)21(26)20(17)25/h3-10,18,23-24H,11-12H2,1-2H3/b19-17-. The Morgan fingerprint density at radius 2 is 1.78 bits per heavy atom. The molecular weight excluding hydrogens is 346 g/mol. The molecule has 1 atom stereocenters. The molecular formula is C21H21NO5. The summed E-state index contributed by atoms with van der Waals surface area (Å²) in [5, 5.41) is 20.2. The Balaban J connectivity index is 2.22. The Morgan fingerprint density at radius 1 is 1.11 bits per heavy atom. The lowest BCUT2D eigenvalue weighted by molar-refractivity contribution is -0.140. The van der Waals surface area contributed by atoms with E-state index in [2.05, 4.69) is 0 Å². The predicted octanol–water partition coefficient (Wildman–Crippen LogP) is 2.42. The van der Waals surface area contributed by atoms with Gasteiger partial charge in [0.2, 0.25) is 0 Å². The number of aliphatic hydroxyl groups excluding tert-OH is 2. The molecule has 1 heterocycles. The lowest BCUT2D eigenvalue weighted by Crippen LogP contribution is -2.32. The Morgan fingerprint density at radius 3 is 2.41 bits per heavy atom. The third kappa shape index (κ3) is 3.31. The monoisotopic (exact) mass is 367 g/mol. The molecule has 0 spiro atoms. The van der Waals surface area contributed by atoms with Crippen molar-refractivity contribution < 1.29 is 24.5 Å². The maximum absolute atomic E-state index is 12.7. The van der Waals surface area contributed by atoms with Crippen LogP contribution in [0.1, 0.15) is 22.7 Å². The van der Waals surface area contributed by atoms with Gasteiger partial charge in [0.25, 0.3) is 11.7 Å². The number of rotatable bonds is 5. The molecule has 1 saturated heterocycles. The Bertz CT molecular complexity index is 901. The minimum atomic E-state index is -0.838. The van der Waals surface area contributed by atoms with Crippen LogP contribution < -0.4 is 4.74 Å². The summed E-state index contributed by atoms with van der Waals surface area (Å²) >= 11 is 0. The fraction of sp³-hybridized carbons (Fsp3) is 0.238. The molecule has 1 aliphatic heterocycles. The van der Waals surface area contributed by atoms with E-state index in [1.165, 1.54) is 12.0 Å². The van der Waals surface area contributed by atoms with Crippen molar-refractivity contribution in [3.8, 4) is 5.75 Å². The van der Waals surface area contributed by atoms with Crippen molar-refractivity contribution in [1.82, 2.24) is 4.90 Å². The van der Waals surface area contributed by atoms with Crippen molar-refractivity contribution in [2.24, 2.45) is 0 Å². The summed E-state index contributed by atoms with van der Waals surface area (Å²) in [4.78, 5) is 26.5. The van der Waals surface area contributed by atoms with Crippen LogP contribution in [0.2, 0.25) is 0 Å². The zero-order valence-electron chi connectivity index (χ0n) is 15.2. The number of ketones is 1. The first-order valence-electron chi connectivity index (χ1n) is 8.58. The van der Waals surface area contributed by atoms with E-state index in [-0.39, 0.29) is 24.5 Å². The van der Waals surface area contributed by atoms with Crippen LogP contribution in [-0.2, 0) is 9.59 Å². The molecule has 6 heteroatoms. The number of benzene rings is 2. The van der Waals surface area contributed by atoms with Crippen molar-refractivity contribution >= 4 is 17.4 Å². The summed E-state index contributed by atoms with van der Waals surface area (Å²) in [7, 11) is 1.50. The number of methoxy groups -OCH3 is 1. The highest BCUT2D eigenvalue weighted by Gasteiger charge is 2.46. The minimum absolute atomic E-state index is 0.0122. The molecule has 1 amide bonds. The maximum Gasteiger partial charge on any atom is 0.295 e. The number of hydrogen-bond acceptors (Lipinski definition) is 5. The summed E-state index contributed by atoms with van der Waals surface area (Å²) in [6.45, 7) is 1.58. The predicted molar refractivity (Wildman–Crippen MR) is 100 cm³/mol. The molecule has 3 rings (SSSR count). The largest absolute Gasteiger partial charge is 0.507 e. The first-order chi connectivity index (χ1) is 13.0. The van der Waals surface area contributed by atoms with E-state index >= 15 is 0 Å². The number of carbonyl (C=O) groups excluding carboxylic acids is 2. The molecule has 0 saturated carbocycles. The fourth-order valence-corrected chi connectivity index (χ4v) is 3.30. The molecule has 1 unspecified atom stereocenters. The van der Waals surface area contributed by atoms with Gasteiger partial charge in [-0.3, -0.25) is 9.59 Å². The van der Waals surface area contributed by atoms with Crippen LogP contribution in [0.4, 0.5) is 0 Å². The van der Waals surface area contributed by atoms with E-state index in [9.17, 15) is 19.8 Å². The fourth-order valence-electron chi connectivity index (χ4n) is 3.30. The second kappa shape index (κ2) is 7.63. The van der Waals surface area contributed by atoms with Crippen LogP contribution >= 0.6 is 0 Å². The first kappa shape index (κ1) is 18.7. The van der Waals surface area contributed by atoms with E-state index in [4.69, 9.17) is 4.74 Å². The number of aliphatic hydroxyl groups is 2. The molecule has 1 fully saturated rings. The van der Waals surface area contributed by atoms with Crippen LogP contribution in [0.5, 0.6) is 5.75 Å². The highest BCUT2D eigenvalue weighted by molar-refractivity contribution is 6.46. The first-order valence-corrected chi connectivity index (χ1v) is 8.58. The number of para-hydroxylation sites is 1. The summed E-state index contributed by atoms with van der Waals surface area (Å²) < 4.78 is 5.39. The highest BCUT2D eigenvalue weighted by atomic mass is 16.5. The van der Waals surface area contributed by atoms with Crippen LogP contribution in [0.15, 0.2) is 54.1 Å². The zero-order valence-corrected chi connectivity index (χ0v) is 15.2. The van der Waals surface area contributed by atoms with Crippen molar-refractivity contribution in [1.29, 1.82) is 0 Å². The average Bonchev–Trinajstić information content (AvgIpc) is 2.93. The minimum Gasteiger partial charge on any atom is -0.507 e. The van der Waals surface area contributed by atoms with Crippen molar-refractivity contribution in [2.45, 2.75) is 13.0 Å². The van der Waals surface area contributed by atoms with Gasteiger partial charge in [0.15, 0.2) is 0 Å². The van der Waals surface area contributed by atoms with E-state index in [1.54, 1.807) is 36.4 Å².